The number of hydrogen-bond donors (Lipinski definition) is 1. The van der Waals surface area contributed by atoms with Gasteiger partial charge in [-0.3, -0.25) is 9.59 Å². The van der Waals surface area contributed by atoms with E-state index in [0.29, 0.717) is 37.5 Å². The quantitative estimate of drug-likeness (QED) is 0.574. The minimum atomic E-state index is -0.829. The minimum absolute atomic E-state index is 0.0287. The number of benzene rings is 1. The third kappa shape index (κ3) is 5.95. The average Bonchev–Trinajstić information content (AvgIpc) is 3.66. The number of piperidine rings is 1. The van der Waals surface area contributed by atoms with Gasteiger partial charge in [-0.15, -0.1) is 0 Å². The largest absolute Gasteiger partial charge is 0.414 e. The molecule has 9 nitrogen and oxygen atoms in total. The SMILES string of the molecule is CC(C)CC(NC(=O)Oc1ccc(-c2ccccc2)s1)C(=O)N1CCC2C1C(=O)CN2C(=O)N1CCCCC1. The van der Waals surface area contributed by atoms with Crippen LogP contribution < -0.4 is 10.1 Å². The molecule has 3 saturated heterocycles. The van der Waals surface area contributed by atoms with Gasteiger partial charge in [-0.25, -0.2) is 9.59 Å². The molecule has 1 N–H and O–H groups in total. The number of nitrogens with zero attached hydrogens (tertiary/aromatic N) is 3. The lowest BCUT2D eigenvalue weighted by atomic mass is 10.0. The summed E-state index contributed by atoms with van der Waals surface area (Å²) in [5.74, 6) is -0.292. The van der Waals surface area contributed by atoms with Gasteiger partial charge in [-0.1, -0.05) is 55.5 Å². The summed E-state index contributed by atoms with van der Waals surface area (Å²) in [6, 6.07) is 11.5. The number of carbonyl (C=O) groups is 4. The second-order valence-electron chi connectivity index (χ2n) is 11.0. The van der Waals surface area contributed by atoms with E-state index in [9.17, 15) is 19.2 Å². The van der Waals surface area contributed by atoms with Gasteiger partial charge in [-0.05, 0) is 55.7 Å². The van der Waals surface area contributed by atoms with Gasteiger partial charge >= 0.3 is 12.1 Å². The first-order chi connectivity index (χ1) is 18.8. The molecule has 3 atom stereocenters. The van der Waals surface area contributed by atoms with Crippen LogP contribution in [0.4, 0.5) is 9.59 Å². The Kier molecular flexibility index (Phi) is 8.20. The van der Waals surface area contributed by atoms with E-state index in [2.05, 4.69) is 5.32 Å². The molecule has 1 aromatic carbocycles. The number of amides is 4. The summed E-state index contributed by atoms with van der Waals surface area (Å²) in [5.41, 5.74) is 1.03. The lowest BCUT2D eigenvalue weighted by molar-refractivity contribution is -0.138. The van der Waals surface area contributed by atoms with Crippen LogP contribution in [0.5, 0.6) is 5.06 Å². The number of urea groups is 1. The number of ether oxygens (including phenoxy) is 1. The predicted octanol–water partition coefficient (Wildman–Crippen LogP) is 4.38. The second-order valence-corrected chi connectivity index (χ2v) is 12.0. The molecule has 208 valence electrons. The number of rotatable bonds is 6. The summed E-state index contributed by atoms with van der Waals surface area (Å²) in [4.78, 5) is 58.9. The zero-order valence-corrected chi connectivity index (χ0v) is 23.3. The van der Waals surface area contributed by atoms with Crippen LogP contribution in [-0.2, 0) is 9.59 Å². The normalized spacial score (nSPS) is 21.7. The van der Waals surface area contributed by atoms with Gasteiger partial charge in [0.25, 0.3) is 0 Å². The first-order valence-electron chi connectivity index (χ1n) is 13.8. The lowest BCUT2D eigenvalue weighted by Crippen LogP contribution is -2.53. The molecule has 2 aromatic rings. The molecule has 5 rings (SSSR count). The summed E-state index contributed by atoms with van der Waals surface area (Å²) in [6.07, 6.45) is 3.33. The summed E-state index contributed by atoms with van der Waals surface area (Å²) < 4.78 is 5.54. The third-order valence-corrected chi connectivity index (χ3v) is 8.72. The third-order valence-electron chi connectivity index (χ3n) is 7.71. The molecule has 4 amide bonds. The van der Waals surface area contributed by atoms with E-state index in [1.807, 2.05) is 55.1 Å². The highest BCUT2D eigenvalue weighted by Crippen LogP contribution is 2.34. The van der Waals surface area contributed by atoms with Gasteiger partial charge in [0.05, 0.1) is 12.6 Å². The summed E-state index contributed by atoms with van der Waals surface area (Å²) in [7, 11) is 0. The van der Waals surface area contributed by atoms with Gasteiger partial charge < -0.3 is 24.8 Å². The number of Topliss-reactive ketones (excluding diaryl/α,β-unsaturated/α-hetero) is 1. The molecule has 3 fully saturated rings. The smallest absolute Gasteiger partial charge is 0.399 e. The van der Waals surface area contributed by atoms with Crippen molar-refractivity contribution in [3.8, 4) is 15.5 Å². The van der Waals surface area contributed by atoms with E-state index in [0.717, 1.165) is 29.7 Å². The first kappa shape index (κ1) is 27.2. The number of ketones is 1. The number of thiophene rings is 1. The van der Waals surface area contributed by atoms with E-state index in [1.165, 1.54) is 11.3 Å². The van der Waals surface area contributed by atoms with Crippen molar-refractivity contribution in [3.63, 3.8) is 0 Å². The van der Waals surface area contributed by atoms with Crippen molar-refractivity contribution in [3.05, 3.63) is 42.5 Å². The van der Waals surface area contributed by atoms with Gasteiger partial charge in [0.2, 0.25) is 5.91 Å². The highest BCUT2D eigenvalue weighted by molar-refractivity contribution is 7.17. The number of nitrogens with one attached hydrogen (secondary N) is 1. The maximum atomic E-state index is 13.7. The summed E-state index contributed by atoms with van der Waals surface area (Å²) in [6.45, 7) is 5.78. The monoisotopic (exact) mass is 552 g/mol. The topological polar surface area (TPSA) is 99.3 Å². The average molecular weight is 553 g/mol. The number of hydrogen-bond acceptors (Lipinski definition) is 6. The summed E-state index contributed by atoms with van der Waals surface area (Å²) >= 11 is 1.35. The van der Waals surface area contributed by atoms with Crippen LogP contribution in [0.2, 0.25) is 0 Å². The van der Waals surface area contributed by atoms with Gasteiger partial charge in [-0.2, -0.15) is 0 Å². The molecule has 39 heavy (non-hydrogen) atoms. The number of fused-ring (bicyclic) bond motifs is 1. The van der Waals surface area contributed by atoms with Crippen LogP contribution in [0.25, 0.3) is 10.4 Å². The maximum Gasteiger partial charge on any atom is 0.414 e. The van der Waals surface area contributed by atoms with Crippen LogP contribution >= 0.6 is 11.3 Å². The highest BCUT2D eigenvalue weighted by atomic mass is 32.1. The van der Waals surface area contributed by atoms with Crippen LogP contribution in [-0.4, -0.2) is 82.8 Å². The van der Waals surface area contributed by atoms with Gasteiger partial charge in [0, 0.05) is 24.5 Å². The Morgan fingerprint density at radius 3 is 2.46 bits per heavy atom. The van der Waals surface area contributed by atoms with E-state index < -0.39 is 18.2 Å². The minimum Gasteiger partial charge on any atom is -0.399 e. The molecule has 0 bridgehead atoms. The highest BCUT2D eigenvalue weighted by Gasteiger charge is 2.53. The molecule has 0 saturated carbocycles. The first-order valence-corrected chi connectivity index (χ1v) is 14.7. The Morgan fingerprint density at radius 1 is 1.00 bits per heavy atom. The number of carbonyl (C=O) groups excluding carboxylic acids is 4. The molecule has 0 radical (unpaired) electrons. The van der Waals surface area contributed by atoms with Crippen molar-refractivity contribution in [1.82, 2.24) is 20.0 Å². The zero-order valence-electron chi connectivity index (χ0n) is 22.5. The Hall–Kier alpha value is -3.40. The molecule has 3 aliphatic heterocycles. The van der Waals surface area contributed by atoms with E-state index in [-0.39, 0.29) is 36.2 Å². The van der Waals surface area contributed by atoms with Crippen molar-refractivity contribution < 1.29 is 23.9 Å². The lowest BCUT2D eigenvalue weighted by Gasteiger charge is -2.33. The second kappa shape index (κ2) is 11.8. The van der Waals surface area contributed by atoms with Crippen molar-refractivity contribution in [2.75, 3.05) is 26.2 Å². The summed E-state index contributed by atoms with van der Waals surface area (Å²) in [5, 5.41) is 3.19. The van der Waals surface area contributed by atoms with Crippen LogP contribution in [0.1, 0.15) is 46.0 Å². The van der Waals surface area contributed by atoms with Gasteiger partial charge in [0.1, 0.15) is 12.1 Å². The molecule has 10 heteroatoms. The Morgan fingerprint density at radius 2 is 1.74 bits per heavy atom. The Bertz CT molecular complexity index is 1210. The van der Waals surface area contributed by atoms with Crippen molar-refractivity contribution >= 4 is 35.2 Å². The fourth-order valence-corrected chi connectivity index (χ4v) is 6.74. The van der Waals surface area contributed by atoms with Crippen LogP contribution in [0, 0.1) is 5.92 Å². The van der Waals surface area contributed by atoms with Crippen molar-refractivity contribution in [1.29, 1.82) is 0 Å². The Balaban J connectivity index is 1.24. The molecule has 3 unspecified atom stereocenters. The van der Waals surface area contributed by atoms with Crippen LogP contribution in [0.3, 0.4) is 0 Å². The van der Waals surface area contributed by atoms with E-state index in [1.54, 1.807) is 15.9 Å². The fraction of sp³-hybridized carbons (Fsp3) is 0.517. The standard InChI is InChI=1S/C29H36N4O5S/c1-19(2)17-21(30-28(36)38-25-12-11-24(39-25)20-9-5-3-6-10-20)27(35)32-16-13-22-26(32)23(34)18-33(22)29(37)31-14-7-4-8-15-31/h3,5-6,9-12,19,21-22,26H,4,7-8,13-18H2,1-2H3,(H,30,36). The molecule has 0 aliphatic carbocycles. The maximum absolute atomic E-state index is 13.7. The molecule has 0 spiro atoms. The molecule has 1 aromatic heterocycles. The van der Waals surface area contributed by atoms with E-state index in [4.69, 9.17) is 4.74 Å². The predicted molar refractivity (Wildman–Crippen MR) is 149 cm³/mol. The molecule has 4 heterocycles. The van der Waals surface area contributed by atoms with Crippen molar-refractivity contribution in [2.45, 2.75) is 64.1 Å². The number of likely N-dealkylation sites (tertiary alicyclic amines) is 3. The van der Waals surface area contributed by atoms with Crippen LogP contribution in [0.15, 0.2) is 42.5 Å². The van der Waals surface area contributed by atoms with Gasteiger partial charge in [0.15, 0.2) is 10.8 Å². The molecular weight excluding hydrogens is 516 g/mol. The zero-order chi connectivity index (χ0) is 27.5. The molecular formula is C29H36N4O5S. The van der Waals surface area contributed by atoms with E-state index >= 15 is 0 Å². The molecule has 3 aliphatic rings. The van der Waals surface area contributed by atoms with Crippen molar-refractivity contribution in [2.24, 2.45) is 5.92 Å². The fourth-order valence-electron chi connectivity index (χ4n) is 5.88. The Labute approximate surface area is 233 Å².